The Bertz CT molecular complexity index is 468. The number of nitrogens with two attached hydrogens (primary N) is 1. The van der Waals surface area contributed by atoms with Gasteiger partial charge in [-0.05, 0) is 23.6 Å². The first-order chi connectivity index (χ1) is 8.41. The van der Waals surface area contributed by atoms with Crippen LogP contribution in [0.4, 0.5) is 0 Å². The van der Waals surface area contributed by atoms with Gasteiger partial charge in [0.2, 0.25) is 10.0 Å². The van der Waals surface area contributed by atoms with Gasteiger partial charge in [-0.25, -0.2) is 12.7 Å². The van der Waals surface area contributed by atoms with E-state index in [2.05, 4.69) is 6.92 Å². The number of hydrogen-bond acceptors (Lipinski definition) is 3. The van der Waals surface area contributed by atoms with Crippen molar-refractivity contribution in [2.45, 2.75) is 31.7 Å². The number of benzene rings is 1. The number of hydrogen-bond donors (Lipinski definition) is 1. The zero-order chi connectivity index (χ0) is 13.8. The summed E-state index contributed by atoms with van der Waals surface area (Å²) in [5.41, 5.74) is 6.42. The van der Waals surface area contributed by atoms with Crippen molar-refractivity contribution < 1.29 is 8.42 Å². The summed E-state index contributed by atoms with van der Waals surface area (Å²) < 4.78 is 26.0. The van der Waals surface area contributed by atoms with E-state index in [0.29, 0.717) is 23.9 Å². The summed E-state index contributed by atoms with van der Waals surface area (Å²) in [6.45, 7) is 5.06. The summed E-state index contributed by atoms with van der Waals surface area (Å²) in [5.74, 6) is 0.355. The van der Waals surface area contributed by atoms with E-state index in [1.165, 1.54) is 4.31 Å². The van der Waals surface area contributed by atoms with Crippen molar-refractivity contribution in [1.29, 1.82) is 0 Å². The Labute approximate surface area is 110 Å². The molecule has 0 radical (unpaired) electrons. The van der Waals surface area contributed by atoms with E-state index in [1.54, 1.807) is 31.3 Å². The molecule has 0 bridgehead atoms. The Morgan fingerprint density at radius 3 is 2.28 bits per heavy atom. The van der Waals surface area contributed by atoms with Crippen molar-refractivity contribution in [2.75, 3.05) is 13.6 Å². The molecule has 4 nitrogen and oxygen atoms in total. The molecule has 1 unspecified atom stereocenters. The largest absolute Gasteiger partial charge is 0.326 e. The molecule has 0 heterocycles. The van der Waals surface area contributed by atoms with Gasteiger partial charge in [-0.15, -0.1) is 0 Å². The van der Waals surface area contributed by atoms with Gasteiger partial charge in [0.1, 0.15) is 0 Å². The highest BCUT2D eigenvalue weighted by Gasteiger charge is 2.21. The van der Waals surface area contributed by atoms with Crippen LogP contribution in [0.3, 0.4) is 0 Å². The molecule has 1 rings (SSSR count). The second-order valence-electron chi connectivity index (χ2n) is 4.65. The minimum atomic E-state index is -3.38. The summed E-state index contributed by atoms with van der Waals surface area (Å²) >= 11 is 0. The van der Waals surface area contributed by atoms with Gasteiger partial charge in [0.25, 0.3) is 0 Å². The zero-order valence-corrected chi connectivity index (χ0v) is 12.1. The first-order valence-corrected chi connectivity index (χ1v) is 7.61. The van der Waals surface area contributed by atoms with Gasteiger partial charge < -0.3 is 5.73 Å². The van der Waals surface area contributed by atoms with Crippen LogP contribution < -0.4 is 5.73 Å². The number of nitrogens with zero attached hydrogens (tertiary/aromatic N) is 1. The van der Waals surface area contributed by atoms with Gasteiger partial charge in [0.15, 0.2) is 0 Å². The summed E-state index contributed by atoms with van der Waals surface area (Å²) in [7, 11) is -1.75. The van der Waals surface area contributed by atoms with Gasteiger partial charge in [-0.2, -0.15) is 0 Å². The van der Waals surface area contributed by atoms with Gasteiger partial charge in [0.05, 0.1) is 4.90 Å². The fraction of sp³-hybridized carbons (Fsp3) is 0.538. The molecule has 0 fully saturated rings. The van der Waals surface area contributed by atoms with E-state index in [1.807, 2.05) is 6.92 Å². The Kier molecular flexibility index (Phi) is 5.31. The van der Waals surface area contributed by atoms with Crippen molar-refractivity contribution in [1.82, 2.24) is 4.31 Å². The Morgan fingerprint density at radius 1 is 1.28 bits per heavy atom. The number of rotatable bonds is 6. The smallest absolute Gasteiger partial charge is 0.242 e. The highest BCUT2D eigenvalue weighted by Crippen LogP contribution is 2.17. The molecule has 0 aliphatic carbocycles. The summed E-state index contributed by atoms with van der Waals surface area (Å²) in [6, 6.07) is 6.74. The lowest BCUT2D eigenvalue weighted by atomic mass is 10.1. The molecule has 0 amide bonds. The first-order valence-electron chi connectivity index (χ1n) is 6.17. The molecule has 0 saturated heterocycles. The third-order valence-electron chi connectivity index (χ3n) is 3.13. The molecule has 1 aromatic rings. The lowest BCUT2D eigenvalue weighted by molar-refractivity contribution is 0.393. The molecular formula is C13H22N2O2S. The second-order valence-corrected chi connectivity index (χ2v) is 6.69. The Hall–Kier alpha value is -0.910. The fourth-order valence-corrected chi connectivity index (χ4v) is 2.93. The first kappa shape index (κ1) is 15.1. The van der Waals surface area contributed by atoms with Crippen LogP contribution in [0, 0.1) is 5.92 Å². The lowest BCUT2D eigenvalue weighted by Gasteiger charge is -2.20. The van der Waals surface area contributed by atoms with Gasteiger partial charge in [-0.3, -0.25) is 0 Å². The summed E-state index contributed by atoms with van der Waals surface area (Å²) in [5, 5.41) is 0. The molecule has 0 saturated carbocycles. The average Bonchev–Trinajstić information content (AvgIpc) is 2.38. The van der Waals surface area contributed by atoms with Crippen LogP contribution >= 0.6 is 0 Å². The van der Waals surface area contributed by atoms with Crippen LogP contribution in [0.5, 0.6) is 0 Å². The van der Waals surface area contributed by atoms with E-state index in [4.69, 9.17) is 5.73 Å². The van der Waals surface area contributed by atoms with Crippen molar-refractivity contribution in [3.05, 3.63) is 29.8 Å². The normalized spacial score (nSPS) is 13.8. The molecule has 5 heteroatoms. The maximum atomic E-state index is 12.3. The molecule has 2 N–H and O–H groups in total. The van der Waals surface area contributed by atoms with Crippen LogP contribution in [-0.2, 0) is 16.6 Å². The van der Waals surface area contributed by atoms with Gasteiger partial charge in [-0.1, -0.05) is 32.4 Å². The predicted molar refractivity (Wildman–Crippen MR) is 73.6 cm³/mol. The molecule has 1 aromatic carbocycles. The topological polar surface area (TPSA) is 63.4 Å². The van der Waals surface area contributed by atoms with E-state index in [9.17, 15) is 8.42 Å². The van der Waals surface area contributed by atoms with Crippen LogP contribution in [0.25, 0.3) is 0 Å². The Balaban J connectivity index is 2.90. The molecule has 0 spiro atoms. The summed E-state index contributed by atoms with van der Waals surface area (Å²) in [4.78, 5) is 0.325. The maximum Gasteiger partial charge on any atom is 0.242 e. The third-order valence-corrected chi connectivity index (χ3v) is 4.97. The molecule has 0 aliphatic rings. The van der Waals surface area contributed by atoms with Crippen LogP contribution in [0.2, 0.25) is 0 Å². The van der Waals surface area contributed by atoms with E-state index in [0.717, 1.165) is 12.0 Å². The molecule has 0 aromatic heterocycles. The molecule has 0 aliphatic heterocycles. The van der Waals surface area contributed by atoms with Crippen molar-refractivity contribution in [3.8, 4) is 0 Å². The van der Waals surface area contributed by atoms with E-state index >= 15 is 0 Å². The second kappa shape index (κ2) is 6.31. The summed E-state index contributed by atoms with van der Waals surface area (Å²) in [6.07, 6.45) is 0.964. The minimum absolute atomic E-state index is 0.325. The van der Waals surface area contributed by atoms with E-state index in [-0.39, 0.29) is 0 Å². The zero-order valence-electron chi connectivity index (χ0n) is 11.3. The minimum Gasteiger partial charge on any atom is -0.326 e. The van der Waals surface area contributed by atoms with Crippen molar-refractivity contribution in [3.63, 3.8) is 0 Å². The Morgan fingerprint density at radius 2 is 1.83 bits per heavy atom. The molecule has 102 valence electrons. The highest BCUT2D eigenvalue weighted by molar-refractivity contribution is 7.89. The lowest BCUT2D eigenvalue weighted by Crippen LogP contribution is -2.31. The quantitative estimate of drug-likeness (QED) is 0.857. The number of sulfonamides is 1. The van der Waals surface area contributed by atoms with Crippen LogP contribution in [0.15, 0.2) is 29.2 Å². The maximum absolute atomic E-state index is 12.3. The fourth-order valence-electron chi connectivity index (χ4n) is 1.64. The SMILES string of the molecule is CCC(C)CN(C)S(=O)(=O)c1ccc(CN)cc1. The van der Waals surface area contributed by atoms with E-state index < -0.39 is 10.0 Å². The van der Waals surface area contributed by atoms with Gasteiger partial charge in [0, 0.05) is 20.1 Å². The molecular weight excluding hydrogens is 248 g/mol. The van der Waals surface area contributed by atoms with Crippen molar-refractivity contribution >= 4 is 10.0 Å². The predicted octanol–water partition coefficient (Wildman–Crippen LogP) is 1.81. The van der Waals surface area contributed by atoms with Crippen LogP contribution in [0.1, 0.15) is 25.8 Å². The highest BCUT2D eigenvalue weighted by atomic mass is 32.2. The monoisotopic (exact) mass is 270 g/mol. The molecule has 1 atom stereocenters. The average molecular weight is 270 g/mol. The van der Waals surface area contributed by atoms with Gasteiger partial charge >= 0.3 is 0 Å². The molecule has 18 heavy (non-hydrogen) atoms. The van der Waals surface area contributed by atoms with Crippen molar-refractivity contribution in [2.24, 2.45) is 11.7 Å². The van der Waals surface area contributed by atoms with Crippen LogP contribution in [-0.4, -0.2) is 26.3 Å². The third kappa shape index (κ3) is 3.54. The standard InChI is InChI=1S/C13H22N2O2S/c1-4-11(2)10-15(3)18(16,17)13-7-5-12(9-14)6-8-13/h5-8,11H,4,9-10,14H2,1-3H3.